The molecule has 0 unspecified atom stereocenters. The lowest BCUT2D eigenvalue weighted by Crippen LogP contribution is -2.37. The molecule has 67 heavy (non-hydrogen) atoms. The van der Waals surface area contributed by atoms with Gasteiger partial charge in [-0.15, -0.1) is 0 Å². The Balaban J connectivity index is 1.29. The molecule has 11 rings (SSSR count). The number of aromatic nitrogens is 1. The number of rotatable bonds is 9. The Labute approximate surface area is 397 Å². The van der Waals surface area contributed by atoms with Crippen molar-refractivity contribution in [2.45, 2.75) is 53.1 Å². The number of anilines is 6. The highest BCUT2D eigenvalue weighted by Crippen LogP contribution is 2.50. The molecule has 0 N–H and O–H groups in total. The van der Waals surface area contributed by atoms with Gasteiger partial charge in [0.05, 0.1) is 38.6 Å². The van der Waals surface area contributed by atoms with Gasteiger partial charge in [0.1, 0.15) is 0 Å². The first-order valence-corrected chi connectivity index (χ1v) is 30.7. The van der Waals surface area contributed by atoms with Crippen LogP contribution in [0.15, 0.2) is 200 Å². The quantitative estimate of drug-likeness (QED) is 0.134. The molecule has 0 radical (unpaired) electrons. The van der Waals surface area contributed by atoms with Gasteiger partial charge in [0.15, 0.2) is 0 Å². The van der Waals surface area contributed by atoms with E-state index in [0.29, 0.717) is 0 Å². The average molecular weight is 900 g/mol. The van der Waals surface area contributed by atoms with Crippen LogP contribution in [0.5, 0.6) is 0 Å². The lowest BCUT2D eigenvalue weighted by atomic mass is 9.96. The van der Waals surface area contributed by atoms with Crippen molar-refractivity contribution in [1.29, 1.82) is 0 Å². The second-order valence-electron chi connectivity index (χ2n) is 20.5. The van der Waals surface area contributed by atoms with Crippen molar-refractivity contribution in [1.82, 2.24) is 4.57 Å². The van der Waals surface area contributed by atoms with Gasteiger partial charge in [-0.2, -0.15) is 0 Å². The largest absolute Gasteiger partial charge is 0.310 e. The summed E-state index contributed by atoms with van der Waals surface area (Å²) in [6.45, 7) is 18.9. The summed E-state index contributed by atoms with van der Waals surface area (Å²) in [5, 5.41) is 12.7. The van der Waals surface area contributed by atoms with E-state index in [0.717, 1.165) is 39.8 Å². The second-order valence-corrected chi connectivity index (χ2v) is 30.6. The van der Waals surface area contributed by atoms with Crippen molar-refractivity contribution in [3.8, 4) is 5.69 Å². The molecular formula is C62H57N3Si2. The zero-order chi connectivity index (χ0) is 46.2. The molecule has 0 saturated carbocycles. The molecule has 1 heterocycles. The van der Waals surface area contributed by atoms with Gasteiger partial charge in [0.2, 0.25) is 0 Å². The Morgan fingerprint density at radius 1 is 0.343 bits per heavy atom. The third-order valence-corrected chi connectivity index (χ3v) is 17.8. The molecule has 11 aromatic rings. The number of aryl methyl sites for hydroxylation is 2. The van der Waals surface area contributed by atoms with Gasteiger partial charge in [-0.25, -0.2) is 0 Å². The van der Waals surface area contributed by atoms with E-state index in [1.165, 1.54) is 75.6 Å². The number of fused-ring (bicyclic) bond motifs is 8. The van der Waals surface area contributed by atoms with Crippen molar-refractivity contribution in [3.05, 3.63) is 211 Å². The Morgan fingerprint density at radius 2 is 0.761 bits per heavy atom. The fourth-order valence-corrected chi connectivity index (χ4v) is 12.6. The summed E-state index contributed by atoms with van der Waals surface area (Å²) in [6, 6.07) is 75.5. The predicted octanol–water partition coefficient (Wildman–Crippen LogP) is 16.9. The topological polar surface area (TPSA) is 11.4 Å². The van der Waals surface area contributed by atoms with Crippen LogP contribution in [0, 0.1) is 13.8 Å². The van der Waals surface area contributed by atoms with Crippen molar-refractivity contribution < 1.29 is 0 Å². The maximum absolute atomic E-state index is 2.55. The molecule has 0 amide bonds. The van der Waals surface area contributed by atoms with Gasteiger partial charge in [-0.1, -0.05) is 177 Å². The maximum Gasteiger partial charge on any atom is 0.0775 e. The molecule has 1 aromatic heterocycles. The van der Waals surface area contributed by atoms with E-state index in [2.05, 4.69) is 268 Å². The number of nitrogens with zero attached hydrogens (tertiary/aromatic N) is 3. The molecule has 0 bridgehead atoms. The summed E-state index contributed by atoms with van der Waals surface area (Å²) >= 11 is 0. The smallest absolute Gasteiger partial charge is 0.0775 e. The van der Waals surface area contributed by atoms with Crippen molar-refractivity contribution >= 4 is 115 Å². The molecule has 0 aliphatic heterocycles. The second kappa shape index (κ2) is 16.3. The Bertz CT molecular complexity index is 3480. The molecule has 328 valence electrons. The van der Waals surface area contributed by atoms with Crippen LogP contribution in [0.1, 0.15) is 11.1 Å². The first-order valence-electron chi connectivity index (χ1n) is 23.7. The van der Waals surface area contributed by atoms with E-state index in [9.17, 15) is 0 Å². The normalized spacial score (nSPS) is 12.2. The van der Waals surface area contributed by atoms with E-state index in [4.69, 9.17) is 0 Å². The summed E-state index contributed by atoms with van der Waals surface area (Å²) in [5.41, 5.74) is 12.8. The van der Waals surface area contributed by atoms with E-state index < -0.39 is 16.1 Å². The standard InChI is InChI=1S/C62H57N3Si2/c1-42-17-15-21-48(37-42)63(46-29-33-51(34-30-46)66(3,4)5)57-40-59-61(55-25-13-11-23-53(55)57)62-56-26-14-12-24-54(56)58(41-60(62)65(59)50-28-27-44-19-9-10-20-45(44)39-50)64(49-22-16-18-43(2)38-49)47-31-35-52(36-32-47)67(6,7)8/h9-41H,1-8H3. The van der Waals surface area contributed by atoms with Crippen LogP contribution in [0.3, 0.4) is 0 Å². The Kier molecular flexibility index (Phi) is 10.3. The van der Waals surface area contributed by atoms with E-state index in [1.54, 1.807) is 0 Å². The highest BCUT2D eigenvalue weighted by Gasteiger charge is 2.27. The van der Waals surface area contributed by atoms with E-state index in [1.807, 2.05) is 0 Å². The van der Waals surface area contributed by atoms with Gasteiger partial charge >= 0.3 is 0 Å². The zero-order valence-corrected chi connectivity index (χ0v) is 41.9. The van der Waals surface area contributed by atoms with Crippen LogP contribution in [0.25, 0.3) is 59.8 Å². The van der Waals surface area contributed by atoms with Crippen molar-refractivity contribution in [2.24, 2.45) is 0 Å². The third-order valence-electron chi connectivity index (χ3n) is 13.7. The third kappa shape index (κ3) is 7.53. The van der Waals surface area contributed by atoms with Gasteiger partial charge in [-0.3, -0.25) is 0 Å². The van der Waals surface area contributed by atoms with Crippen molar-refractivity contribution in [3.63, 3.8) is 0 Å². The fourth-order valence-electron chi connectivity index (χ4n) is 10.3. The molecule has 3 nitrogen and oxygen atoms in total. The highest BCUT2D eigenvalue weighted by atomic mass is 28.3. The Hall–Kier alpha value is -7.19. The van der Waals surface area contributed by atoms with E-state index >= 15 is 0 Å². The average Bonchev–Trinajstić information content (AvgIpc) is 3.66. The summed E-state index contributed by atoms with van der Waals surface area (Å²) in [6.07, 6.45) is 0. The van der Waals surface area contributed by atoms with Crippen LogP contribution in [0.2, 0.25) is 39.3 Å². The lowest BCUT2D eigenvalue weighted by Gasteiger charge is -2.28. The number of benzene rings is 10. The number of hydrogen-bond acceptors (Lipinski definition) is 2. The molecule has 0 atom stereocenters. The lowest BCUT2D eigenvalue weighted by molar-refractivity contribution is 1.18. The number of hydrogen-bond donors (Lipinski definition) is 0. The monoisotopic (exact) mass is 899 g/mol. The maximum atomic E-state index is 2.55. The van der Waals surface area contributed by atoms with Crippen LogP contribution < -0.4 is 20.2 Å². The van der Waals surface area contributed by atoms with Gasteiger partial charge in [-0.05, 0) is 119 Å². The van der Waals surface area contributed by atoms with Crippen LogP contribution >= 0.6 is 0 Å². The summed E-state index contributed by atoms with van der Waals surface area (Å²) in [5.74, 6) is 0. The van der Waals surface area contributed by atoms with Gasteiger partial charge in [0, 0.05) is 50.0 Å². The van der Waals surface area contributed by atoms with Crippen LogP contribution in [-0.2, 0) is 0 Å². The molecule has 0 saturated heterocycles. The van der Waals surface area contributed by atoms with Gasteiger partial charge < -0.3 is 14.4 Å². The summed E-state index contributed by atoms with van der Waals surface area (Å²) in [7, 11) is -3.08. The first kappa shape index (κ1) is 42.4. The zero-order valence-electron chi connectivity index (χ0n) is 39.9. The van der Waals surface area contributed by atoms with E-state index in [-0.39, 0.29) is 0 Å². The van der Waals surface area contributed by atoms with Crippen LogP contribution in [0.4, 0.5) is 34.1 Å². The summed E-state index contributed by atoms with van der Waals surface area (Å²) < 4.78 is 2.55. The van der Waals surface area contributed by atoms with Crippen LogP contribution in [-0.4, -0.2) is 20.7 Å². The highest BCUT2D eigenvalue weighted by molar-refractivity contribution is 6.89. The minimum absolute atomic E-state index is 1.13. The Morgan fingerprint density at radius 3 is 1.19 bits per heavy atom. The minimum atomic E-state index is -1.54. The minimum Gasteiger partial charge on any atom is -0.310 e. The fraction of sp³-hybridized carbons (Fsp3) is 0.129. The molecule has 0 aliphatic rings. The van der Waals surface area contributed by atoms with Gasteiger partial charge in [0.25, 0.3) is 0 Å². The first-order chi connectivity index (χ1) is 32.3. The molecule has 5 heteroatoms. The van der Waals surface area contributed by atoms with Crippen molar-refractivity contribution in [2.75, 3.05) is 9.80 Å². The SMILES string of the molecule is Cc1cccc(N(c2ccc([Si](C)(C)C)cc2)c2cc3c(c4ccccc24)c2c4ccccc4c(N(c4ccc([Si](C)(C)C)cc4)c4cccc(C)c4)cc2n3-c2ccc3ccccc3c2)c1. The molecule has 0 aliphatic carbocycles. The molecule has 10 aromatic carbocycles. The predicted molar refractivity (Wildman–Crippen MR) is 298 cm³/mol. The summed E-state index contributed by atoms with van der Waals surface area (Å²) in [4.78, 5) is 4.97. The molecule has 0 spiro atoms. The molecule has 0 fully saturated rings. The molecular weight excluding hydrogens is 843 g/mol.